The third kappa shape index (κ3) is 2.61. The minimum absolute atomic E-state index is 0.00398. The van der Waals surface area contributed by atoms with E-state index in [2.05, 4.69) is 25.3 Å². The molecule has 0 aliphatic heterocycles. The van der Waals surface area contributed by atoms with Gasteiger partial charge in [0.15, 0.2) is 11.6 Å². The van der Waals surface area contributed by atoms with Gasteiger partial charge in [0.2, 0.25) is 17.8 Å². The topological polar surface area (TPSA) is 94.5 Å². The molecule has 0 saturated carbocycles. The van der Waals surface area contributed by atoms with Crippen molar-refractivity contribution in [3.05, 3.63) is 48.6 Å². The van der Waals surface area contributed by atoms with Crippen molar-refractivity contribution in [3.63, 3.8) is 0 Å². The van der Waals surface area contributed by atoms with Gasteiger partial charge in [-0.3, -0.25) is 4.57 Å². The standard InChI is InChI=1S/C12H9F2N7/c13-7-2-1-3-8(9(7)14)17-11-18-10(15)19-12(20-11)21-5-4-16-6-21/h1-6H,(H3,15,17,18,19,20). The third-order valence-electron chi connectivity index (χ3n) is 2.57. The molecule has 7 nitrogen and oxygen atoms in total. The summed E-state index contributed by atoms with van der Waals surface area (Å²) in [5.41, 5.74) is 5.48. The van der Waals surface area contributed by atoms with Crippen LogP contribution in [-0.2, 0) is 0 Å². The Morgan fingerprint density at radius 1 is 1.14 bits per heavy atom. The molecule has 1 aromatic carbocycles. The zero-order valence-electron chi connectivity index (χ0n) is 10.5. The van der Waals surface area contributed by atoms with Gasteiger partial charge in [0.05, 0.1) is 5.69 Å². The second-order valence-corrected chi connectivity index (χ2v) is 4.01. The summed E-state index contributed by atoms with van der Waals surface area (Å²) in [5, 5.41) is 2.57. The Morgan fingerprint density at radius 2 is 2.00 bits per heavy atom. The van der Waals surface area contributed by atoms with E-state index in [1.54, 1.807) is 12.4 Å². The molecule has 0 atom stereocenters. The summed E-state index contributed by atoms with van der Waals surface area (Å²) in [5.74, 6) is -1.86. The van der Waals surface area contributed by atoms with E-state index < -0.39 is 11.6 Å². The maximum Gasteiger partial charge on any atom is 0.241 e. The summed E-state index contributed by atoms with van der Waals surface area (Å²) in [7, 11) is 0. The second kappa shape index (κ2) is 5.12. The van der Waals surface area contributed by atoms with Crippen molar-refractivity contribution < 1.29 is 8.78 Å². The smallest absolute Gasteiger partial charge is 0.241 e. The highest BCUT2D eigenvalue weighted by molar-refractivity contribution is 5.55. The van der Waals surface area contributed by atoms with E-state index in [0.29, 0.717) is 0 Å². The SMILES string of the molecule is Nc1nc(Nc2cccc(F)c2F)nc(-n2ccnc2)n1. The van der Waals surface area contributed by atoms with Crippen molar-refractivity contribution in [3.8, 4) is 5.95 Å². The van der Waals surface area contributed by atoms with Crippen LogP contribution in [0.3, 0.4) is 0 Å². The number of aromatic nitrogens is 5. The Morgan fingerprint density at radius 3 is 2.76 bits per heavy atom. The minimum atomic E-state index is -1.03. The zero-order valence-corrected chi connectivity index (χ0v) is 10.5. The van der Waals surface area contributed by atoms with Crippen LogP contribution < -0.4 is 11.1 Å². The number of hydrogen-bond acceptors (Lipinski definition) is 6. The predicted octanol–water partition coefficient (Wildman–Crippen LogP) is 1.66. The molecule has 3 rings (SSSR count). The average Bonchev–Trinajstić information content (AvgIpc) is 2.97. The van der Waals surface area contributed by atoms with Crippen LogP contribution in [0.4, 0.5) is 26.4 Å². The molecule has 0 aliphatic rings. The molecule has 0 spiro atoms. The molecule has 0 aliphatic carbocycles. The maximum atomic E-state index is 13.6. The van der Waals surface area contributed by atoms with E-state index >= 15 is 0 Å². The van der Waals surface area contributed by atoms with Crippen LogP contribution in [0.15, 0.2) is 36.9 Å². The molecular weight excluding hydrogens is 280 g/mol. The van der Waals surface area contributed by atoms with Crippen LogP contribution in [-0.4, -0.2) is 24.5 Å². The normalized spacial score (nSPS) is 10.6. The molecule has 2 heterocycles. The number of benzene rings is 1. The van der Waals surface area contributed by atoms with Crippen LogP contribution in [0.1, 0.15) is 0 Å². The molecule has 0 bridgehead atoms. The average molecular weight is 289 g/mol. The van der Waals surface area contributed by atoms with Gasteiger partial charge >= 0.3 is 0 Å². The van der Waals surface area contributed by atoms with E-state index in [0.717, 1.165) is 6.07 Å². The van der Waals surface area contributed by atoms with Crippen LogP contribution in [0.5, 0.6) is 0 Å². The van der Waals surface area contributed by atoms with Crippen molar-refractivity contribution in [1.82, 2.24) is 24.5 Å². The van der Waals surface area contributed by atoms with Crippen LogP contribution in [0, 0.1) is 11.6 Å². The van der Waals surface area contributed by atoms with Crippen LogP contribution in [0.25, 0.3) is 5.95 Å². The van der Waals surface area contributed by atoms with Gasteiger partial charge in [-0.1, -0.05) is 6.07 Å². The Bertz CT molecular complexity index is 773. The Hall–Kier alpha value is -3.10. The van der Waals surface area contributed by atoms with E-state index in [1.165, 1.54) is 23.0 Å². The number of imidazole rings is 1. The van der Waals surface area contributed by atoms with Crippen molar-refractivity contribution in [1.29, 1.82) is 0 Å². The molecule has 3 N–H and O–H groups in total. The van der Waals surface area contributed by atoms with E-state index in [4.69, 9.17) is 5.73 Å². The summed E-state index contributed by atoms with van der Waals surface area (Å²) in [4.78, 5) is 15.7. The lowest BCUT2D eigenvalue weighted by Crippen LogP contribution is -2.09. The first-order valence-electron chi connectivity index (χ1n) is 5.84. The fourth-order valence-corrected chi connectivity index (χ4v) is 1.65. The summed E-state index contributed by atoms with van der Waals surface area (Å²) in [6, 6.07) is 3.73. The summed E-state index contributed by atoms with van der Waals surface area (Å²) in [6.45, 7) is 0. The van der Waals surface area contributed by atoms with Gasteiger partial charge in [0, 0.05) is 12.4 Å². The highest BCUT2D eigenvalue weighted by Crippen LogP contribution is 2.20. The largest absolute Gasteiger partial charge is 0.368 e. The number of nitrogens with two attached hydrogens (primary N) is 1. The quantitative estimate of drug-likeness (QED) is 0.761. The van der Waals surface area contributed by atoms with E-state index in [-0.39, 0.29) is 23.5 Å². The van der Waals surface area contributed by atoms with Crippen LogP contribution in [0.2, 0.25) is 0 Å². The summed E-state index contributed by atoms with van der Waals surface area (Å²) in [6.07, 6.45) is 4.63. The number of rotatable bonds is 3. The third-order valence-corrected chi connectivity index (χ3v) is 2.57. The molecule has 21 heavy (non-hydrogen) atoms. The fraction of sp³-hybridized carbons (Fsp3) is 0. The number of nitrogens with zero attached hydrogens (tertiary/aromatic N) is 5. The minimum Gasteiger partial charge on any atom is -0.368 e. The van der Waals surface area contributed by atoms with Gasteiger partial charge in [-0.25, -0.2) is 13.8 Å². The summed E-state index contributed by atoms with van der Waals surface area (Å²) >= 11 is 0. The van der Waals surface area contributed by atoms with Gasteiger partial charge in [0.25, 0.3) is 0 Å². The Labute approximate surface area is 117 Å². The van der Waals surface area contributed by atoms with Crippen molar-refractivity contribution in [2.45, 2.75) is 0 Å². The first kappa shape index (κ1) is 12.9. The Balaban J connectivity index is 1.98. The van der Waals surface area contributed by atoms with Gasteiger partial charge in [-0.05, 0) is 12.1 Å². The second-order valence-electron chi connectivity index (χ2n) is 4.01. The molecule has 0 fully saturated rings. The first-order valence-corrected chi connectivity index (χ1v) is 5.84. The Kier molecular flexibility index (Phi) is 3.14. The molecule has 0 amide bonds. The van der Waals surface area contributed by atoms with Crippen molar-refractivity contribution in [2.75, 3.05) is 11.1 Å². The molecule has 9 heteroatoms. The molecule has 0 unspecified atom stereocenters. The van der Waals surface area contributed by atoms with Crippen molar-refractivity contribution in [2.24, 2.45) is 0 Å². The van der Waals surface area contributed by atoms with Gasteiger partial charge in [-0.15, -0.1) is 0 Å². The lowest BCUT2D eigenvalue weighted by atomic mass is 10.3. The fourth-order valence-electron chi connectivity index (χ4n) is 1.65. The zero-order chi connectivity index (χ0) is 14.8. The molecule has 0 radical (unpaired) electrons. The predicted molar refractivity (Wildman–Crippen MR) is 71.0 cm³/mol. The lowest BCUT2D eigenvalue weighted by molar-refractivity contribution is 0.511. The number of halogens is 2. The highest BCUT2D eigenvalue weighted by Gasteiger charge is 2.11. The van der Waals surface area contributed by atoms with Gasteiger partial charge in [0.1, 0.15) is 6.33 Å². The first-order chi connectivity index (χ1) is 10.1. The van der Waals surface area contributed by atoms with Gasteiger partial charge in [-0.2, -0.15) is 15.0 Å². The van der Waals surface area contributed by atoms with Crippen LogP contribution >= 0.6 is 0 Å². The number of nitrogens with one attached hydrogen (secondary N) is 1. The number of nitrogen functional groups attached to an aromatic ring is 1. The highest BCUT2D eigenvalue weighted by atomic mass is 19.2. The maximum absolute atomic E-state index is 13.6. The van der Waals surface area contributed by atoms with E-state index in [1.807, 2.05) is 0 Å². The lowest BCUT2D eigenvalue weighted by Gasteiger charge is -2.08. The molecule has 106 valence electrons. The summed E-state index contributed by atoms with van der Waals surface area (Å²) < 4.78 is 28.3. The number of anilines is 3. The molecule has 0 saturated heterocycles. The van der Waals surface area contributed by atoms with Gasteiger partial charge < -0.3 is 11.1 Å². The number of hydrogen-bond donors (Lipinski definition) is 2. The monoisotopic (exact) mass is 289 g/mol. The molecule has 3 aromatic rings. The van der Waals surface area contributed by atoms with Crippen molar-refractivity contribution >= 4 is 17.6 Å². The van der Waals surface area contributed by atoms with E-state index in [9.17, 15) is 8.78 Å². The molecular formula is C12H9F2N7. The molecule has 2 aromatic heterocycles.